The van der Waals surface area contributed by atoms with Crippen molar-refractivity contribution in [3.63, 3.8) is 0 Å². The van der Waals surface area contributed by atoms with E-state index < -0.39 is 0 Å². The smallest absolute Gasteiger partial charge is 0.412 e. The third-order valence-electron chi connectivity index (χ3n) is 0.408. The monoisotopic (exact) mass is 98.1 g/mol. The summed E-state index contributed by atoms with van der Waals surface area (Å²) in [6, 6.07) is 0. The maximum Gasteiger partial charge on any atom is 1.00 e. The first-order valence-corrected chi connectivity index (χ1v) is 1.69. The minimum absolute atomic E-state index is 0. The number of unbranched alkanes of at least 4 members (excludes halogenated alkanes) is 1. The van der Waals surface area contributed by atoms with Crippen molar-refractivity contribution in [1.82, 2.24) is 0 Å². The fraction of sp³-hybridized carbons (Fsp3) is 0.750. The quantitative estimate of drug-likeness (QED) is 0.263. The van der Waals surface area contributed by atoms with Crippen LogP contribution in [-0.4, -0.2) is 5.48 Å². The van der Waals surface area contributed by atoms with E-state index in [4.69, 9.17) is 0 Å². The van der Waals surface area contributed by atoms with E-state index in [-0.39, 0.29) is 35.0 Å². The first kappa shape index (κ1) is 15.8. The van der Waals surface area contributed by atoms with Crippen LogP contribution < -0.4 is 29.6 Å². The Balaban J connectivity index is -0.0000000450. The molecular weight excluding hydrogens is 87.0 g/mol. The van der Waals surface area contributed by atoms with Crippen molar-refractivity contribution >= 4 is 0 Å². The fourth-order valence-electron chi connectivity index (χ4n) is 0. The van der Waals surface area contributed by atoms with Gasteiger partial charge in [0, 0.05) is 0 Å². The van der Waals surface area contributed by atoms with Gasteiger partial charge in [-0.05, 0) is 0 Å². The summed E-state index contributed by atoms with van der Waals surface area (Å²) in [6.07, 6.45) is 3.32. The van der Waals surface area contributed by atoms with Gasteiger partial charge in [-0.15, -0.1) is 0 Å². The van der Waals surface area contributed by atoms with E-state index in [0.717, 1.165) is 0 Å². The summed E-state index contributed by atoms with van der Waals surface area (Å²) in [6.45, 7) is 4.18. The van der Waals surface area contributed by atoms with Crippen LogP contribution in [0.5, 0.6) is 0 Å². The summed E-state index contributed by atoms with van der Waals surface area (Å²) in [7, 11) is 0. The van der Waals surface area contributed by atoms with E-state index in [0.29, 0.717) is 0 Å². The molecule has 2 heteroatoms. The Morgan fingerprint density at radius 2 is 1.67 bits per heavy atom. The molecule has 0 atom stereocenters. The zero-order valence-electron chi connectivity index (χ0n) is 4.78. The first-order valence-electron chi connectivity index (χ1n) is 1.69. The molecule has 0 radical (unpaired) electrons. The molecule has 0 amide bonds. The van der Waals surface area contributed by atoms with Gasteiger partial charge in [0.05, 0.1) is 0 Å². The van der Waals surface area contributed by atoms with Gasteiger partial charge in [-0.1, -0.05) is 6.92 Å². The van der Waals surface area contributed by atoms with Crippen LogP contribution in [0.1, 0.15) is 20.3 Å². The SMILES string of the molecule is C[CH-]CC.O.[Na+]. The second-order valence-corrected chi connectivity index (χ2v) is 0.816. The molecule has 6 heavy (non-hydrogen) atoms. The Hall–Kier alpha value is 0.960. The molecule has 0 fully saturated rings. The van der Waals surface area contributed by atoms with Crippen molar-refractivity contribution < 1.29 is 35.0 Å². The van der Waals surface area contributed by atoms with Crippen LogP contribution in [0, 0.1) is 6.42 Å². The predicted octanol–water partition coefficient (Wildman–Crippen LogP) is -2.20. The second-order valence-electron chi connectivity index (χ2n) is 0.816. The van der Waals surface area contributed by atoms with Gasteiger partial charge in [-0.2, -0.15) is 13.3 Å². The summed E-state index contributed by atoms with van der Waals surface area (Å²) in [5, 5.41) is 0. The van der Waals surface area contributed by atoms with Crippen LogP contribution in [0.25, 0.3) is 0 Å². The third kappa shape index (κ3) is 20.2. The van der Waals surface area contributed by atoms with Crippen molar-refractivity contribution in [2.45, 2.75) is 20.3 Å². The maximum absolute atomic E-state index is 2.12. The molecular formula is C4H11NaO. The van der Waals surface area contributed by atoms with Crippen molar-refractivity contribution in [1.29, 1.82) is 0 Å². The predicted molar refractivity (Wildman–Crippen MR) is 23.9 cm³/mol. The van der Waals surface area contributed by atoms with Crippen LogP contribution in [0.15, 0.2) is 0 Å². The molecule has 34 valence electrons. The van der Waals surface area contributed by atoms with Gasteiger partial charge in [-0.25, -0.2) is 0 Å². The summed E-state index contributed by atoms with van der Waals surface area (Å²) < 4.78 is 0. The molecule has 0 aliphatic rings. The van der Waals surface area contributed by atoms with Crippen LogP contribution in [0.2, 0.25) is 0 Å². The molecule has 0 aromatic rings. The van der Waals surface area contributed by atoms with E-state index in [1.165, 1.54) is 6.42 Å². The van der Waals surface area contributed by atoms with Gasteiger partial charge >= 0.3 is 29.6 Å². The molecule has 0 aromatic carbocycles. The van der Waals surface area contributed by atoms with Gasteiger partial charge in [0.25, 0.3) is 0 Å². The average molecular weight is 98.1 g/mol. The zero-order chi connectivity index (χ0) is 3.41. The van der Waals surface area contributed by atoms with Crippen LogP contribution in [-0.2, 0) is 0 Å². The van der Waals surface area contributed by atoms with E-state index in [9.17, 15) is 0 Å². The van der Waals surface area contributed by atoms with E-state index in [1.54, 1.807) is 0 Å². The number of rotatable bonds is 1. The molecule has 0 aliphatic heterocycles. The summed E-state index contributed by atoms with van der Waals surface area (Å²) >= 11 is 0. The summed E-state index contributed by atoms with van der Waals surface area (Å²) in [4.78, 5) is 0. The average Bonchev–Trinajstić information content (AvgIpc) is 1.37. The Labute approximate surface area is 61.7 Å². The van der Waals surface area contributed by atoms with E-state index >= 15 is 0 Å². The second kappa shape index (κ2) is 16.7. The van der Waals surface area contributed by atoms with Gasteiger partial charge < -0.3 is 11.9 Å². The van der Waals surface area contributed by atoms with Crippen LogP contribution in [0.4, 0.5) is 0 Å². The van der Waals surface area contributed by atoms with E-state index in [1.807, 2.05) is 0 Å². The molecule has 0 saturated carbocycles. The summed E-state index contributed by atoms with van der Waals surface area (Å²) in [5.74, 6) is 0. The fourth-order valence-corrected chi connectivity index (χ4v) is 0. The Bertz CT molecular complexity index is 9.51. The molecule has 0 aromatic heterocycles. The molecule has 0 spiro atoms. The van der Waals surface area contributed by atoms with Crippen molar-refractivity contribution in [2.24, 2.45) is 0 Å². The third-order valence-corrected chi connectivity index (χ3v) is 0.408. The Morgan fingerprint density at radius 3 is 1.67 bits per heavy atom. The van der Waals surface area contributed by atoms with Crippen molar-refractivity contribution in [3.8, 4) is 0 Å². The van der Waals surface area contributed by atoms with Crippen LogP contribution in [0.3, 0.4) is 0 Å². The van der Waals surface area contributed by atoms with Gasteiger partial charge in [0.15, 0.2) is 0 Å². The Kier molecular flexibility index (Phi) is 44.0. The minimum atomic E-state index is 0. The maximum atomic E-state index is 2.12. The van der Waals surface area contributed by atoms with Crippen LogP contribution >= 0.6 is 0 Å². The largest absolute Gasteiger partial charge is 1.00 e. The zero-order valence-corrected chi connectivity index (χ0v) is 6.78. The Morgan fingerprint density at radius 1 is 1.50 bits per heavy atom. The summed E-state index contributed by atoms with van der Waals surface area (Å²) in [5.41, 5.74) is 0. The molecule has 0 heterocycles. The number of hydrogen-bond acceptors (Lipinski definition) is 0. The molecule has 0 saturated heterocycles. The van der Waals surface area contributed by atoms with Crippen molar-refractivity contribution in [3.05, 3.63) is 6.42 Å². The molecule has 0 aliphatic carbocycles. The standard InChI is InChI=1S/C4H9.Na.H2O/c1-3-4-2;;/h3H,4H2,1-2H3;;1H2/q-1;+1;. The molecule has 0 rings (SSSR count). The first-order chi connectivity index (χ1) is 1.91. The number of hydrogen-bond donors (Lipinski definition) is 0. The molecule has 0 unspecified atom stereocenters. The molecule has 2 N–H and O–H groups in total. The normalized spacial score (nSPS) is 5.00. The van der Waals surface area contributed by atoms with E-state index in [2.05, 4.69) is 20.3 Å². The van der Waals surface area contributed by atoms with Crippen molar-refractivity contribution in [2.75, 3.05) is 0 Å². The minimum Gasteiger partial charge on any atom is -0.412 e. The topological polar surface area (TPSA) is 31.5 Å². The van der Waals surface area contributed by atoms with Gasteiger partial charge in [-0.3, -0.25) is 0 Å². The molecule has 0 bridgehead atoms. The van der Waals surface area contributed by atoms with Gasteiger partial charge in [0.1, 0.15) is 0 Å². The van der Waals surface area contributed by atoms with Gasteiger partial charge in [0.2, 0.25) is 0 Å². The molecule has 1 nitrogen and oxygen atoms in total.